The molecule has 1 heterocycles. The lowest BCUT2D eigenvalue weighted by molar-refractivity contribution is 0.380. The number of hydrogen-bond acceptors (Lipinski definition) is 4. The van der Waals surface area contributed by atoms with Crippen molar-refractivity contribution < 1.29 is 8.91 Å². The number of nitrogens with zero attached hydrogens (tertiary/aromatic N) is 2. The van der Waals surface area contributed by atoms with E-state index in [2.05, 4.69) is 26.1 Å². The van der Waals surface area contributed by atoms with Crippen molar-refractivity contribution in [3.05, 3.63) is 33.3 Å². The molecule has 0 unspecified atom stereocenters. The van der Waals surface area contributed by atoms with Gasteiger partial charge in [0.2, 0.25) is 11.7 Å². The average molecular weight is 307 g/mol. The van der Waals surface area contributed by atoms with Crippen LogP contribution in [0, 0.1) is 5.82 Å². The van der Waals surface area contributed by atoms with E-state index in [0.717, 1.165) is 0 Å². The van der Waals surface area contributed by atoms with Gasteiger partial charge in [-0.1, -0.05) is 16.8 Å². The largest absolute Gasteiger partial charge is 0.338 e. The fourth-order valence-corrected chi connectivity index (χ4v) is 1.72. The molecule has 2 aromatic rings. The van der Waals surface area contributed by atoms with Gasteiger partial charge in [-0.25, -0.2) is 4.39 Å². The van der Waals surface area contributed by atoms with Crippen LogP contribution in [0.5, 0.6) is 0 Å². The maximum atomic E-state index is 13.1. The summed E-state index contributed by atoms with van der Waals surface area (Å²) < 4.78 is 18.3. The molecule has 4 nitrogen and oxygen atoms in total. The molecule has 0 aliphatic rings. The van der Waals surface area contributed by atoms with E-state index in [1.165, 1.54) is 12.1 Å². The number of benzene rings is 1. The van der Waals surface area contributed by atoms with Crippen LogP contribution in [-0.4, -0.2) is 10.1 Å². The highest BCUT2D eigenvalue weighted by atomic mass is 79.9. The third-order valence-electron chi connectivity index (χ3n) is 1.89. The summed E-state index contributed by atoms with van der Waals surface area (Å²) in [6.45, 7) is 0.146. The second-order valence-corrected chi connectivity index (χ2v) is 4.22. The third kappa shape index (κ3) is 2.09. The van der Waals surface area contributed by atoms with Gasteiger partial charge in [0.15, 0.2) is 0 Å². The van der Waals surface area contributed by atoms with Gasteiger partial charge in [-0.05, 0) is 28.1 Å². The van der Waals surface area contributed by atoms with Crippen LogP contribution in [-0.2, 0) is 6.54 Å². The van der Waals surface area contributed by atoms with E-state index in [4.69, 9.17) is 21.9 Å². The summed E-state index contributed by atoms with van der Waals surface area (Å²) in [5.74, 6) is 0.133. The van der Waals surface area contributed by atoms with Gasteiger partial charge < -0.3 is 10.3 Å². The van der Waals surface area contributed by atoms with Crippen molar-refractivity contribution in [1.29, 1.82) is 0 Å². The van der Waals surface area contributed by atoms with Crippen LogP contribution < -0.4 is 5.73 Å². The number of rotatable bonds is 2. The second-order valence-electron chi connectivity index (χ2n) is 2.96. The highest BCUT2D eigenvalue weighted by Crippen LogP contribution is 2.30. The second kappa shape index (κ2) is 4.48. The first kappa shape index (κ1) is 11.5. The molecule has 1 aromatic carbocycles. The minimum absolute atomic E-state index is 0.146. The quantitative estimate of drug-likeness (QED) is 0.867. The summed E-state index contributed by atoms with van der Waals surface area (Å²) in [6, 6.07) is 2.67. The summed E-state index contributed by atoms with van der Waals surface area (Å²) in [6.07, 6.45) is 0. The molecule has 0 bridgehead atoms. The molecule has 0 atom stereocenters. The summed E-state index contributed by atoms with van der Waals surface area (Å²) in [7, 11) is 0. The Morgan fingerprint density at radius 1 is 1.50 bits per heavy atom. The van der Waals surface area contributed by atoms with Crippen molar-refractivity contribution in [2.24, 2.45) is 5.73 Å². The predicted molar refractivity (Wildman–Crippen MR) is 60.3 cm³/mol. The molecule has 2 N–H and O–H groups in total. The molecular weight excluding hydrogens is 300 g/mol. The molecule has 7 heteroatoms. The van der Waals surface area contributed by atoms with Crippen molar-refractivity contribution in [3.8, 4) is 11.4 Å². The zero-order valence-corrected chi connectivity index (χ0v) is 10.2. The highest BCUT2D eigenvalue weighted by molar-refractivity contribution is 9.10. The van der Waals surface area contributed by atoms with E-state index >= 15 is 0 Å². The van der Waals surface area contributed by atoms with Crippen LogP contribution in [0.4, 0.5) is 4.39 Å². The van der Waals surface area contributed by atoms with Crippen molar-refractivity contribution >= 4 is 27.5 Å². The van der Waals surface area contributed by atoms with Gasteiger partial charge in [-0.15, -0.1) is 0 Å². The summed E-state index contributed by atoms with van der Waals surface area (Å²) in [4.78, 5) is 4.00. The molecule has 0 saturated carbocycles. The number of nitrogens with two attached hydrogens (primary N) is 1. The van der Waals surface area contributed by atoms with Crippen LogP contribution in [0.3, 0.4) is 0 Å². The van der Waals surface area contributed by atoms with Crippen molar-refractivity contribution in [3.63, 3.8) is 0 Å². The fourth-order valence-electron chi connectivity index (χ4n) is 1.14. The van der Waals surface area contributed by atoms with Gasteiger partial charge in [0.25, 0.3) is 0 Å². The molecule has 0 radical (unpaired) electrons. The monoisotopic (exact) mass is 305 g/mol. The summed E-state index contributed by atoms with van der Waals surface area (Å²) >= 11 is 8.93. The van der Waals surface area contributed by atoms with Crippen LogP contribution in [0.25, 0.3) is 11.4 Å². The van der Waals surface area contributed by atoms with Gasteiger partial charge in [0.05, 0.1) is 16.0 Å². The Labute approximate surface area is 104 Å². The van der Waals surface area contributed by atoms with Gasteiger partial charge in [0, 0.05) is 5.56 Å². The first-order valence-electron chi connectivity index (χ1n) is 4.29. The van der Waals surface area contributed by atoms with E-state index in [1.807, 2.05) is 0 Å². The molecule has 0 amide bonds. The third-order valence-corrected chi connectivity index (χ3v) is 2.81. The molecular formula is C9H6BrClFN3O. The Bertz CT molecular complexity index is 531. The van der Waals surface area contributed by atoms with Crippen molar-refractivity contribution in [1.82, 2.24) is 10.1 Å². The minimum atomic E-state index is -0.448. The Balaban J connectivity index is 2.51. The molecule has 0 aliphatic heterocycles. The zero-order valence-electron chi connectivity index (χ0n) is 7.88. The molecule has 84 valence electrons. The lowest BCUT2D eigenvalue weighted by atomic mass is 10.2. The smallest absolute Gasteiger partial charge is 0.240 e. The predicted octanol–water partition coefficient (Wildman–Crippen LogP) is 2.75. The maximum absolute atomic E-state index is 13.1. The summed E-state index contributed by atoms with van der Waals surface area (Å²) in [5.41, 5.74) is 5.82. The molecule has 16 heavy (non-hydrogen) atoms. The molecule has 0 spiro atoms. The highest BCUT2D eigenvalue weighted by Gasteiger charge is 2.13. The van der Waals surface area contributed by atoms with Crippen molar-refractivity contribution in [2.45, 2.75) is 6.54 Å². The van der Waals surface area contributed by atoms with E-state index < -0.39 is 5.82 Å². The van der Waals surface area contributed by atoms with E-state index in [0.29, 0.717) is 11.5 Å². The molecule has 2 rings (SSSR count). The number of hydrogen-bond donors (Lipinski definition) is 1. The van der Waals surface area contributed by atoms with Gasteiger partial charge >= 0.3 is 0 Å². The lowest BCUT2D eigenvalue weighted by Gasteiger charge is -2.00. The molecule has 0 saturated heterocycles. The Morgan fingerprint density at radius 2 is 2.25 bits per heavy atom. The van der Waals surface area contributed by atoms with Crippen LogP contribution in [0.1, 0.15) is 5.89 Å². The van der Waals surface area contributed by atoms with Gasteiger partial charge in [-0.2, -0.15) is 4.98 Å². The Morgan fingerprint density at radius 3 is 2.88 bits per heavy atom. The number of aromatic nitrogens is 2. The average Bonchev–Trinajstić information content (AvgIpc) is 2.71. The SMILES string of the molecule is NCc1nc(-c2cc(Br)c(F)cc2Cl)no1. The zero-order chi connectivity index (χ0) is 11.7. The van der Waals surface area contributed by atoms with Crippen LogP contribution in [0.2, 0.25) is 5.02 Å². The van der Waals surface area contributed by atoms with Crippen LogP contribution >= 0.6 is 27.5 Å². The normalized spacial score (nSPS) is 10.8. The van der Waals surface area contributed by atoms with Gasteiger partial charge in [0.1, 0.15) is 5.82 Å². The lowest BCUT2D eigenvalue weighted by Crippen LogP contribution is -1.95. The standard InChI is InChI=1S/C9H6BrClFN3O/c10-5-1-4(6(11)2-7(5)12)9-14-8(3-13)16-15-9/h1-2H,3,13H2. The topological polar surface area (TPSA) is 64.9 Å². The molecule has 1 aromatic heterocycles. The summed E-state index contributed by atoms with van der Waals surface area (Å²) in [5, 5.41) is 3.91. The minimum Gasteiger partial charge on any atom is -0.338 e. The molecule has 0 aliphatic carbocycles. The maximum Gasteiger partial charge on any atom is 0.240 e. The fraction of sp³-hybridized carbons (Fsp3) is 0.111. The van der Waals surface area contributed by atoms with E-state index in [1.54, 1.807) is 0 Å². The Hall–Kier alpha value is -0.980. The Kier molecular flexibility index (Phi) is 3.22. The van der Waals surface area contributed by atoms with Gasteiger partial charge in [-0.3, -0.25) is 0 Å². The first-order chi connectivity index (χ1) is 7.61. The van der Waals surface area contributed by atoms with Crippen molar-refractivity contribution in [2.75, 3.05) is 0 Å². The van der Waals surface area contributed by atoms with E-state index in [9.17, 15) is 4.39 Å². The molecule has 0 fully saturated rings. The number of halogens is 3. The van der Waals surface area contributed by atoms with Crippen LogP contribution in [0.15, 0.2) is 21.1 Å². The van der Waals surface area contributed by atoms with E-state index in [-0.39, 0.29) is 21.9 Å². The first-order valence-corrected chi connectivity index (χ1v) is 5.46.